The Balaban J connectivity index is 1.84. The van der Waals surface area contributed by atoms with Gasteiger partial charge in [0.05, 0.1) is 12.1 Å². The molecule has 3 rings (SSSR count). The Labute approximate surface area is 119 Å². The number of hydrogen-bond acceptors (Lipinski definition) is 3. The lowest BCUT2D eigenvalue weighted by Crippen LogP contribution is -2.50. The van der Waals surface area contributed by atoms with Crippen molar-refractivity contribution in [3.8, 4) is 0 Å². The molecule has 2 atom stereocenters. The van der Waals surface area contributed by atoms with E-state index in [1.807, 2.05) is 12.1 Å². The SMILES string of the molecule is OC1CCCN(C2CCNCC2)C1c1ccc(F)cc1. The van der Waals surface area contributed by atoms with E-state index in [-0.39, 0.29) is 18.0 Å². The van der Waals surface area contributed by atoms with Crippen molar-refractivity contribution in [2.45, 2.75) is 43.9 Å². The number of benzene rings is 1. The first-order chi connectivity index (χ1) is 9.75. The standard InChI is InChI=1S/C16H23FN2O/c17-13-5-3-12(4-6-13)16-15(20)2-1-11-19(16)14-7-9-18-10-8-14/h3-6,14-16,18,20H,1-2,7-11H2. The van der Waals surface area contributed by atoms with E-state index in [0.717, 1.165) is 50.9 Å². The smallest absolute Gasteiger partial charge is 0.123 e. The van der Waals surface area contributed by atoms with Crippen LogP contribution in [0.2, 0.25) is 0 Å². The Morgan fingerprint density at radius 2 is 1.80 bits per heavy atom. The predicted octanol–water partition coefficient (Wildman–Crippen LogP) is 2.08. The molecule has 0 aliphatic carbocycles. The van der Waals surface area contributed by atoms with Gasteiger partial charge in [0, 0.05) is 6.04 Å². The van der Waals surface area contributed by atoms with Crippen molar-refractivity contribution in [1.82, 2.24) is 10.2 Å². The van der Waals surface area contributed by atoms with E-state index in [1.165, 1.54) is 12.1 Å². The first kappa shape index (κ1) is 14.0. The van der Waals surface area contributed by atoms with Crippen LogP contribution in [0.5, 0.6) is 0 Å². The van der Waals surface area contributed by atoms with Gasteiger partial charge in [-0.2, -0.15) is 0 Å². The van der Waals surface area contributed by atoms with Crippen LogP contribution in [0.3, 0.4) is 0 Å². The minimum Gasteiger partial charge on any atom is -0.391 e. The molecule has 0 radical (unpaired) electrons. The van der Waals surface area contributed by atoms with Crippen molar-refractivity contribution in [1.29, 1.82) is 0 Å². The third-order valence-corrected chi connectivity index (χ3v) is 4.63. The van der Waals surface area contributed by atoms with Crippen molar-refractivity contribution in [2.75, 3.05) is 19.6 Å². The van der Waals surface area contributed by atoms with Gasteiger partial charge in [-0.3, -0.25) is 4.90 Å². The highest BCUT2D eigenvalue weighted by Crippen LogP contribution is 2.34. The molecule has 3 nitrogen and oxygen atoms in total. The minimum absolute atomic E-state index is 0.0208. The predicted molar refractivity (Wildman–Crippen MR) is 77.0 cm³/mol. The van der Waals surface area contributed by atoms with E-state index < -0.39 is 0 Å². The highest BCUT2D eigenvalue weighted by molar-refractivity contribution is 5.22. The van der Waals surface area contributed by atoms with Crippen LogP contribution in [-0.2, 0) is 0 Å². The topological polar surface area (TPSA) is 35.5 Å². The molecule has 2 fully saturated rings. The van der Waals surface area contributed by atoms with Crippen molar-refractivity contribution < 1.29 is 9.50 Å². The van der Waals surface area contributed by atoms with Crippen LogP contribution in [-0.4, -0.2) is 41.8 Å². The van der Waals surface area contributed by atoms with E-state index in [2.05, 4.69) is 10.2 Å². The summed E-state index contributed by atoms with van der Waals surface area (Å²) in [6.45, 7) is 3.13. The highest BCUT2D eigenvalue weighted by Gasteiger charge is 2.35. The summed E-state index contributed by atoms with van der Waals surface area (Å²) < 4.78 is 13.1. The van der Waals surface area contributed by atoms with E-state index >= 15 is 0 Å². The van der Waals surface area contributed by atoms with Gasteiger partial charge in [-0.15, -0.1) is 0 Å². The van der Waals surface area contributed by atoms with Crippen molar-refractivity contribution in [3.05, 3.63) is 35.6 Å². The molecule has 2 aliphatic rings. The first-order valence-corrected chi connectivity index (χ1v) is 7.66. The molecule has 2 heterocycles. The Hall–Kier alpha value is -0.970. The van der Waals surface area contributed by atoms with Crippen LogP contribution in [0.4, 0.5) is 4.39 Å². The molecule has 110 valence electrons. The maximum Gasteiger partial charge on any atom is 0.123 e. The minimum atomic E-state index is -0.343. The summed E-state index contributed by atoms with van der Waals surface area (Å²) in [4.78, 5) is 2.45. The summed E-state index contributed by atoms with van der Waals surface area (Å²) in [5, 5.41) is 13.8. The quantitative estimate of drug-likeness (QED) is 0.869. The van der Waals surface area contributed by atoms with Crippen LogP contribution in [0.15, 0.2) is 24.3 Å². The zero-order chi connectivity index (χ0) is 13.9. The van der Waals surface area contributed by atoms with Crippen LogP contribution in [0.25, 0.3) is 0 Å². The normalized spacial score (nSPS) is 29.5. The molecule has 1 aromatic rings. The largest absolute Gasteiger partial charge is 0.391 e. The molecule has 2 saturated heterocycles. The number of rotatable bonds is 2. The number of piperidine rings is 2. The molecule has 0 aromatic heterocycles. The lowest BCUT2D eigenvalue weighted by Gasteiger charge is -2.45. The third kappa shape index (κ3) is 2.87. The number of halogens is 1. The number of likely N-dealkylation sites (tertiary alicyclic amines) is 1. The second kappa shape index (κ2) is 6.20. The summed E-state index contributed by atoms with van der Waals surface area (Å²) in [6.07, 6.45) is 3.80. The molecule has 0 saturated carbocycles. The highest BCUT2D eigenvalue weighted by atomic mass is 19.1. The molecular formula is C16H23FN2O. The lowest BCUT2D eigenvalue weighted by atomic mass is 9.89. The van der Waals surface area contributed by atoms with Gasteiger partial charge < -0.3 is 10.4 Å². The van der Waals surface area contributed by atoms with Gasteiger partial charge in [-0.1, -0.05) is 12.1 Å². The fraction of sp³-hybridized carbons (Fsp3) is 0.625. The van der Waals surface area contributed by atoms with Gasteiger partial charge >= 0.3 is 0 Å². The van der Waals surface area contributed by atoms with Gasteiger partial charge in [0.1, 0.15) is 5.82 Å². The monoisotopic (exact) mass is 278 g/mol. The van der Waals surface area contributed by atoms with Gasteiger partial charge in [0.2, 0.25) is 0 Å². The Kier molecular flexibility index (Phi) is 4.34. The molecule has 4 heteroatoms. The van der Waals surface area contributed by atoms with E-state index in [0.29, 0.717) is 6.04 Å². The number of hydrogen-bond donors (Lipinski definition) is 2. The van der Waals surface area contributed by atoms with Gasteiger partial charge in [0.25, 0.3) is 0 Å². The number of aliphatic hydroxyl groups excluding tert-OH is 1. The maximum atomic E-state index is 13.1. The second-order valence-corrected chi connectivity index (χ2v) is 5.92. The zero-order valence-electron chi connectivity index (χ0n) is 11.8. The molecule has 2 unspecified atom stereocenters. The first-order valence-electron chi connectivity index (χ1n) is 7.66. The van der Waals surface area contributed by atoms with Crippen molar-refractivity contribution in [2.24, 2.45) is 0 Å². The van der Waals surface area contributed by atoms with E-state index in [9.17, 15) is 9.50 Å². The fourth-order valence-corrected chi connectivity index (χ4v) is 3.62. The number of aliphatic hydroxyl groups is 1. The Morgan fingerprint density at radius 1 is 1.10 bits per heavy atom. The molecule has 2 N–H and O–H groups in total. The van der Waals surface area contributed by atoms with Crippen LogP contribution < -0.4 is 5.32 Å². The van der Waals surface area contributed by atoms with Crippen LogP contribution >= 0.6 is 0 Å². The third-order valence-electron chi connectivity index (χ3n) is 4.63. The van der Waals surface area contributed by atoms with Gasteiger partial charge in [-0.25, -0.2) is 4.39 Å². The average molecular weight is 278 g/mol. The van der Waals surface area contributed by atoms with Gasteiger partial charge in [-0.05, 0) is 63.0 Å². The van der Waals surface area contributed by atoms with Crippen LogP contribution in [0, 0.1) is 5.82 Å². The Bertz CT molecular complexity index is 431. The molecular weight excluding hydrogens is 255 g/mol. The fourth-order valence-electron chi connectivity index (χ4n) is 3.62. The molecule has 0 amide bonds. The van der Waals surface area contributed by atoms with E-state index in [1.54, 1.807) is 0 Å². The summed E-state index contributed by atoms with van der Waals surface area (Å²) in [6, 6.07) is 7.19. The molecule has 20 heavy (non-hydrogen) atoms. The average Bonchev–Trinajstić information content (AvgIpc) is 2.49. The van der Waals surface area contributed by atoms with Crippen molar-refractivity contribution in [3.63, 3.8) is 0 Å². The van der Waals surface area contributed by atoms with E-state index in [4.69, 9.17) is 0 Å². The second-order valence-electron chi connectivity index (χ2n) is 5.92. The van der Waals surface area contributed by atoms with Crippen LogP contribution in [0.1, 0.15) is 37.3 Å². The summed E-state index contributed by atoms with van der Waals surface area (Å²) in [5.41, 5.74) is 1.04. The summed E-state index contributed by atoms with van der Waals surface area (Å²) in [7, 11) is 0. The van der Waals surface area contributed by atoms with Gasteiger partial charge in [0.15, 0.2) is 0 Å². The molecule has 0 spiro atoms. The molecule has 1 aromatic carbocycles. The zero-order valence-corrected chi connectivity index (χ0v) is 11.8. The van der Waals surface area contributed by atoms with Crippen molar-refractivity contribution >= 4 is 0 Å². The maximum absolute atomic E-state index is 13.1. The number of nitrogens with one attached hydrogen (secondary N) is 1. The molecule has 2 aliphatic heterocycles. The Morgan fingerprint density at radius 3 is 2.50 bits per heavy atom. The summed E-state index contributed by atoms with van der Waals surface area (Å²) in [5.74, 6) is -0.215. The number of nitrogens with zero attached hydrogens (tertiary/aromatic N) is 1. The molecule has 0 bridgehead atoms. The lowest BCUT2D eigenvalue weighted by molar-refractivity contribution is -0.0206. The summed E-state index contributed by atoms with van der Waals surface area (Å²) >= 11 is 0.